The highest BCUT2D eigenvalue weighted by molar-refractivity contribution is 5.83. The van der Waals surface area contributed by atoms with Crippen molar-refractivity contribution in [2.24, 2.45) is 4.99 Å². The van der Waals surface area contributed by atoms with Crippen LogP contribution < -0.4 is 4.74 Å². The fraction of sp³-hybridized carbons (Fsp3) is 0.136. The molecule has 3 rings (SSSR count). The average Bonchev–Trinajstić information content (AvgIpc) is 2.69. The molecular weight excluding hydrogens is 397 g/mol. The molecule has 0 aliphatic heterocycles. The molecule has 30 heavy (non-hydrogen) atoms. The molecule has 0 radical (unpaired) electrons. The number of hydrogen-bond acceptors (Lipinski definition) is 4. The van der Waals surface area contributed by atoms with Crippen LogP contribution in [0.1, 0.15) is 22.3 Å². The molecule has 0 amide bonds. The minimum atomic E-state index is -4.69. The molecular formula is C22H17F3N2O3. The van der Waals surface area contributed by atoms with Crippen molar-refractivity contribution in [3.05, 3.63) is 93.0 Å². The number of halogens is 3. The van der Waals surface area contributed by atoms with E-state index in [1.807, 2.05) is 32.0 Å². The van der Waals surface area contributed by atoms with E-state index in [4.69, 9.17) is 4.74 Å². The van der Waals surface area contributed by atoms with Gasteiger partial charge in [0.05, 0.1) is 16.2 Å². The van der Waals surface area contributed by atoms with Gasteiger partial charge in [-0.15, -0.1) is 0 Å². The second kappa shape index (κ2) is 8.36. The van der Waals surface area contributed by atoms with E-state index < -0.39 is 22.4 Å². The maximum atomic E-state index is 12.8. The maximum Gasteiger partial charge on any atom is 0.416 e. The summed E-state index contributed by atoms with van der Waals surface area (Å²) in [5.41, 5.74) is 1.75. The molecule has 0 saturated heterocycles. The van der Waals surface area contributed by atoms with Gasteiger partial charge in [-0.3, -0.25) is 15.1 Å². The molecule has 0 bridgehead atoms. The number of aliphatic imine (C=N–C) groups is 1. The van der Waals surface area contributed by atoms with Gasteiger partial charge >= 0.3 is 11.9 Å². The molecule has 0 aliphatic carbocycles. The van der Waals surface area contributed by atoms with Gasteiger partial charge in [0.15, 0.2) is 0 Å². The summed E-state index contributed by atoms with van der Waals surface area (Å²) >= 11 is 0. The second-order valence-corrected chi connectivity index (χ2v) is 6.59. The van der Waals surface area contributed by atoms with Crippen molar-refractivity contribution in [1.29, 1.82) is 0 Å². The number of aryl methyl sites for hydroxylation is 1. The van der Waals surface area contributed by atoms with Crippen LogP contribution in [0.2, 0.25) is 0 Å². The number of nitro groups is 1. The lowest BCUT2D eigenvalue weighted by Crippen LogP contribution is -2.06. The normalized spacial score (nSPS) is 11.6. The predicted molar refractivity (Wildman–Crippen MR) is 108 cm³/mol. The molecule has 0 fully saturated rings. The largest absolute Gasteiger partial charge is 0.450 e. The third-order valence-electron chi connectivity index (χ3n) is 4.50. The first-order valence-corrected chi connectivity index (χ1v) is 8.89. The number of nitro benzene ring substituents is 1. The SMILES string of the molecule is Cc1cccc(N=Cc2cccc(Oc3ccc(C(F)(F)F)cc3[N+](=O)[O-])c2)c1C. The zero-order chi connectivity index (χ0) is 21.9. The molecule has 0 aromatic heterocycles. The van der Waals surface area contributed by atoms with Crippen molar-refractivity contribution < 1.29 is 22.8 Å². The summed E-state index contributed by atoms with van der Waals surface area (Å²) in [6, 6.07) is 14.5. The van der Waals surface area contributed by atoms with Crippen molar-refractivity contribution in [2.45, 2.75) is 20.0 Å². The van der Waals surface area contributed by atoms with Gasteiger partial charge in [0.1, 0.15) is 5.75 Å². The van der Waals surface area contributed by atoms with E-state index in [1.54, 1.807) is 30.5 Å². The minimum Gasteiger partial charge on any atom is -0.450 e. The van der Waals surface area contributed by atoms with Gasteiger partial charge in [-0.25, -0.2) is 0 Å². The van der Waals surface area contributed by atoms with E-state index in [0.29, 0.717) is 11.6 Å². The molecule has 0 unspecified atom stereocenters. The van der Waals surface area contributed by atoms with Gasteiger partial charge in [0, 0.05) is 12.3 Å². The van der Waals surface area contributed by atoms with E-state index >= 15 is 0 Å². The molecule has 0 saturated carbocycles. The molecule has 0 aliphatic rings. The number of hydrogen-bond donors (Lipinski definition) is 0. The van der Waals surface area contributed by atoms with Gasteiger partial charge in [-0.1, -0.05) is 24.3 Å². The number of nitrogens with zero attached hydrogens (tertiary/aromatic N) is 2. The van der Waals surface area contributed by atoms with Crippen molar-refractivity contribution in [3.8, 4) is 11.5 Å². The van der Waals surface area contributed by atoms with Crippen LogP contribution in [0.5, 0.6) is 11.5 Å². The van der Waals surface area contributed by atoms with Crippen molar-refractivity contribution in [1.82, 2.24) is 0 Å². The van der Waals surface area contributed by atoms with E-state index in [0.717, 1.165) is 28.9 Å². The Hall–Kier alpha value is -3.68. The lowest BCUT2D eigenvalue weighted by atomic mass is 10.1. The first-order chi connectivity index (χ1) is 14.1. The summed E-state index contributed by atoms with van der Waals surface area (Å²) < 4.78 is 44.0. The summed E-state index contributed by atoms with van der Waals surface area (Å²) in [4.78, 5) is 14.8. The van der Waals surface area contributed by atoms with Crippen LogP contribution in [-0.4, -0.2) is 11.1 Å². The van der Waals surface area contributed by atoms with Gasteiger partial charge in [-0.2, -0.15) is 13.2 Å². The molecule has 5 nitrogen and oxygen atoms in total. The van der Waals surface area contributed by atoms with Gasteiger partial charge in [0.2, 0.25) is 5.75 Å². The first-order valence-electron chi connectivity index (χ1n) is 8.89. The Balaban J connectivity index is 1.87. The van der Waals surface area contributed by atoms with Crippen LogP contribution in [0.4, 0.5) is 24.5 Å². The smallest absolute Gasteiger partial charge is 0.416 e. The Bertz CT molecular complexity index is 1120. The average molecular weight is 414 g/mol. The van der Waals surface area contributed by atoms with Crippen LogP contribution in [0.3, 0.4) is 0 Å². The predicted octanol–water partition coefficient (Wildman–Crippen LogP) is 6.77. The summed E-state index contributed by atoms with van der Waals surface area (Å²) in [7, 11) is 0. The highest BCUT2D eigenvalue weighted by atomic mass is 19.4. The Labute approximate surface area is 170 Å². The lowest BCUT2D eigenvalue weighted by Gasteiger charge is -2.10. The van der Waals surface area contributed by atoms with Crippen LogP contribution in [0.15, 0.2) is 65.7 Å². The van der Waals surface area contributed by atoms with Gasteiger partial charge < -0.3 is 4.74 Å². The van der Waals surface area contributed by atoms with Gasteiger partial charge in [-0.05, 0) is 60.9 Å². The van der Waals surface area contributed by atoms with Crippen LogP contribution in [0, 0.1) is 24.0 Å². The van der Waals surface area contributed by atoms with Crippen molar-refractivity contribution in [2.75, 3.05) is 0 Å². The quantitative estimate of drug-likeness (QED) is 0.263. The summed E-state index contributed by atoms with van der Waals surface area (Å²) in [5.74, 6) is -0.0422. The van der Waals surface area contributed by atoms with E-state index in [9.17, 15) is 23.3 Å². The molecule has 3 aromatic carbocycles. The third-order valence-corrected chi connectivity index (χ3v) is 4.50. The monoisotopic (exact) mass is 414 g/mol. The Morgan fingerprint density at radius 1 is 1.03 bits per heavy atom. The topological polar surface area (TPSA) is 64.7 Å². The van der Waals surface area contributed by atoms with Crippen LogP contribution >= 0.6 is 0 Å². The summed E-state index contributed by atoms with van der Waals surface area (Å²) in [6.45, 7) is 3.95. The number of rotatable bonds is 5. The number of ether oxygens (including phenoxy) is 1. The first kappa shape index (κ1) is 21.0. The lowest BCUT2D eigenvalue weighted by molar-refractivity contribution is -0.385. The third kappa shape index (κ3) is 4.83. The minimum absolute atomic E-state index is 0.239. The molecule has 0 N–H and O–H groups in total. The fourth-order valence-electron chi connectivity index (χ4n) is 2.73. The highest BCUT2D eigenvalue weighted by Crippen LogP contribution is 2.37. The molecule has 154 valence electrons. The second-order valence-electron chi connectivity index (χ2n) is 6.59. The Kier molecular flexibility index (Phi) is 5.86. The van der Waals surface area contributed by atoms with Gasteiger partial charge in [0.25, 0.3) is 0 Å². The zero-order valence-corrected chi connectivity index (χ0v) is 16.1. The summed E-state index contributed by atoms with van der Waals surface area (Å²) in [6.07, 6.45) is -3.07. The molecule has 3 aromatic rings. The Morgan fingerprint density at radius 3 is 2.47 bits per heavy atom. The van der Waals surface area contributed by atoms with E-state index in [2.05, 4.69) is 4.99 Å². The van der Waals surface area contributed by atoms with E-state index in [1.165, 1.54) is 0 Å². The fourth-order valence-corrected chi connectivity index (χ4v) is 2.73. The van der Waals surface area contributed by atoms with Crippen molar-refractivity contribution in [3.63, 3.8) is 0 Å². The number of benzene rings is 3. The highest BCUT2D eigenvalue weighted by Gasteiger charge is 2.33. The Morgan fingerprint density at radius 2 is 1.77 bits per heavy atom. The maximum absolute atomic E-state index is 12.8. The molecule has 0 heterocycles. The standard InChI is InChI=1S/C22H17F3N2O3/c1-14-5-3-8-19(15(14)2)26-13-16-6-4-7-18(11-16)30-21-10-9-17(22(23,24)25)12-20(21)27(28)29/h3-13H,1-2H3. The molecule has 8 heteroatoms. The zero-order valence-electron chi connectivity index (χ0n) is 16.1. The van der Waals surface area contributed by atoms with Crippen LogP contribution in [-0.2, 0) is 6.18 Å². The molecule has 0 spiro atoms. The van der Waals surface area contributed by atoms with Crippen molar-refractivity contribution >= 4 is 17.6 Å². The summed E-state index contributed by atoms with van der Waals surface area (Å²) in [5, 5.41) is 11.2. The molecule has 0 atom stereocenters. The number of alkyl halides is 3. The van der Waals surface area contributed by atoms with E-state index in [-0.39, 0.29) is 11.5 Å². The van der Waals surface area contributed by atoms with Crippen LogP contribution in [0.25, 0.3) is 0 Å².